The highest BCUT2D eigenvalue weighted by atomic mass is 32.1. The van der Waals surface area contributed by atoms with Crippen molar-refractivity contribution in [2.45, 2.75) is 20.3 Å². The number of aryl methyl sites for hydroxylation is 2. The highest BCUT2D eigenvalue weighted by Crippen LogP contribution is 2.25. The van der Waals surface area contributed by atoms with E-state index < -0.39 is 11.8 Å². The van der Waals surface area contributed by atoms with Crippen molar-refractivity contribution in [2.24, 2.45) is 0 Å². The number of aromatic nitrogens is 1. The zero-order valence-corrected chi connectivity index (χ0v) is 14.6. The number of hydrogen-bond acceptors (Lipinski definition) is 5. The van der Waals surface area contributed by atoms with Gasteiger partial charge in [0.25, 0.3) is 11.8 Å². The van der Waals surface area contributed by atoms with Gasteiger partial charge in [0.05, 0.1) is 4.88 Å². The summed E-state index contributed by atoms with van der Waals surface area (Å²) in [6.45, 7) is 3.70. The Labute approximate surface area is 148 Å². The molecule has 0 spiro atoms. The fourth-order valence-electron chi connectivity index (χ4n) is 2.25. The molecule has 2 aromatic heterocycles. The Morgan fingerprint density at radius 1 is 1.12 bits per heavy atom. The van der Waals surface area contributed by atoms with Crippen LogP contribution >= 0.6 is 11.3 Å². The molecule has 0 aliphatic rings. The van der Waals surface area contributed by atoms with Crippen molar-refractivity contribution in [3.05, 3.63) is 64.4 Å². The zero-order valence-electron chi connectivity index (χ0n) is 13.8. The van der Waals surface area contributed by atoms with Crippen molar-refractivity contribution < 1.29 is 14.0 Å². The molecule has 0 fully saturated rings. The largest absolute Gasteiger partial charge is 0.440 e. The van der Waals surface area contributed by atoms with Gasteiger partial charge in [0, 0.05) is 5.56 Å². The molecule has 0 bridgehead atoms. The van der Waals surface area contributed by atoms with Gasteiger partial charge in [-0.05, 0) is 42.5 Å². The Morgan fingerprint density at radius 2 is 1.84 bits per heavy atom. The van der Waals surface area contributed by atoms with Gasteiger partial charge in [-0.1, -0.05) is 25.1 Å². The fourth-order valence-corrected chi connectivity index (χ4v) is 2.90. The molecule has 0 saturated carbocycles. The lowest BCUT2D eigenvalue weighted by Crippen LogP contribution is -2.42. The number of hydrazine groups is 1. The molecule has 0 aliphatic heterocycles. The minimum atomic E-state index is -0.525. The van der Waals surface area contributed by atoms with Crippen molar-refractivity contribution in [1.82, 2.24) is 15.8 Å². The molecule has 2 amide bonds. The van der Waals surface area contributed by atoms with Gasteiger partial charge in [0.15, 0.2) is 5.69 Å². The quantitative estimate of drug-likeness (QED) is 0.703. The zero-order chi connectivity index (χ0) is 17.8. The second-order valence-electron chi connectivity index (χ2n) is 5.36. The predicted octanol–water partition coefficient (Wildman–Crippen LogP) is 3.35. The van der Waals surface area contributed by atoms with E-state index >= 15 is 0 Å². The minimum Gasteiger partial charge on any atom is -0.440 e. The highest BCUT2D eigenvalue weighted by molar-refractivity contribution is 7.13. The van der Waals surface area contributed by atoms with E-state index in [1.807, 2.05) is 36.6 Å². The van der Waals surface area contributed by atoms with Gasteiger partial charge in [-0.2, -0.15) is 0 Å². The Hall–Kier alpha value is -2.93. The van der Waals surface area contributed by atoms with Gasteiger partial charge in [-0.3, -0.25) is 20.4 Å². The van der Waals surface area contributed by atoms with Crippen molar-refractivity contribution in [1.29, 1.82) is 0 Å². The first kappa shape index (κ1) is 16.9. The number of carbonyl (C=O) groups excluding carboxylic acids is 2. The van der Waals surface area contributed by atoms with Gasteiger partial charge in [0.2, 0.25) is 5.89 Å². The Balaban J connectivity index is 1.65. The van der Waals surface area contributed by atoms with Crippen LogP contribution in [0.1, 0.15) is 39.1 Å². The lowest BCUT2D eigenvalue weighted by molar-refractivity contribution is 0.0843. The molecule has 0 atom stereocenters. The average molecular weight is 355 g/mol. The predicted molar refractivity (Wildman–Crippen MR) is 95.3 cm³/mol. The molecule has 0 unspecified atom stereocenters. The van der Waals surface area contributed by atoms with Crippen molar-refractivity contribution in [3.63, 3.8) is 0 Å². The topological polar surface area (TPSA) is 84.2 Å². The monoisotopic (exact) mass is 355 g/mol. The lowest BCUT2D eigenvalue weighted by atomic mass is 10.1. The number of nitrogens with zero attached hydrogens (tertiary/aromatic N) is 1. The van der Waals surface area contributed by atoms with E-state index in [0.29, 0.717) is 17.2 Å². The third-order valence-corrected chi connectivity index (χ3v) is 4.52. The molecule has 3 rings (SSSR count). The first-order valence-corrected chi connectivity index (χ1v) is 8.67. The first-order chi connectivity index (χ1) is 12.1. The molecule has 128 valence electrons. The molecule has 7 heteroatoms. The summed E-state index contributed by atoms with van der Waals surface area (Å²) in [7, 11) is 0. The second kappa shape index (κ2) is 7.31. The Bertz CT molecular complexity index is 883. The van der Waals surface area contributed by atoms with Crippen molar-refractivity contribution in [3.8, 4) is 10.8 Å². The summed E-state index contributed by atoms with van der Waals surface area (Å²) in [5.74, 6) is -0.139. The van der Waals surface area contributed by atoms with Crippen LogP contribution in [0.3, 0.4) is 0 Å². The van der Waals surface area contributed by atoms with Crippen LogP contribution in [0, 0.1) is 6.92 Å². The SMILES string of the molecule is CCc1ccc(C(=O)NNC(=O)c2nc(-c3cccs3)oc2C)cc1. The van der Waals surface area contributed by atoms with Crippen LogP contribution in [0.15, 0.2) is 46.2 Å². The van der Waals surface area contributed by atoms with Crippen molar-refractivity contribution >= 4 is 23.2 Å². The average Bonchev–Trinajstić information content (AvgIpc) is 3.29. The standard InChI is InChI=1S/C18H17N3O3S/c1-3-12-6-8-13(9-7-12)16(22)20-21-17(23)15-11(2)24-18(19-15)14-5-4-10-25-14/h4-10H,3H2,1-2H3,(H,20,22)(H,21,23). The Kier molecular flexibility index (Phi) is 4.95. The third kappa shape index (κ3) is 3.77. The van der Waals surface area contributed by atoms with Gasteiger partial charge in [-0.25, -0.2) is 4.98 Å². The van der Waals surface area contributed by atoms with E-state index in [1.165, 1.54) is 11.3 Å². The van der Waals surface area contributed by atoms with Gasteiger partial charge < -0.3 is 4.42 Å². The number of nitrogens with one attached hydrogen (secondary N) is 2. The summed E-state index contributed by atoms with van der Waals surface area (Å²) in [6, 6.07) is 10.9. The van der Waals surface area contributed by atoms with E-state index in [1.54, 1.807) is 19.1 Å². The van der Waals surface area contributed by atoms with Crippen LogP contribution < -0.4 is 10.9 Å². The summed E-state index contributed by atoms with van der Waals surface area (Å²) in [4.78, 5) is 29.4. The van der Waals surface area contributed by atoms with E-state index in [4.69, 9.17) is 4.42 Å². The molecule has 0 aliphatic carbocycles. The van der Waals surface area contributed by atoms with Crippen LogP contribution in [-0.4, -0.2) is 16.8 Å². The van der Waals surface area contributed by atoms with Gasteiger partial charge in [-0.15, -0.1) is 11.3 Å². The summed E-state index contributed by atoms with van der Waals surface area (Å²) < 4.78 is 5.52. The number of rotatable bonds is 4. The summed E-state index contributed by atoms with van der Waals surface area (Å²) >= 11 is 1.47. The summed E-state index contributed by atoms with van der Waals surface area (Å²) in [6.07, 6.45) is 0.899. The molecule has 2 N–H and O–H groups in total. The van der Waals surface area contributed by atoms with E-state index in [-0.39, 0.29) is 5.69 Å². The lowest BCUT2D eigenvalue weighted by Gasteiger charge is -2.06. The molecule has 0 saturated heterocycles. The number of thiophene rings is 1. The smallest absolute Gasteiger partial charge is 0.291 e. The minimum absolute atomic E-state index is 0.144. The van der Waals surface area contributed by atoms with E-state index in [2.05, 4.69) is 15.8 Å². The molecule has 6 nitrogen and oxygen atoms in total. The van der Waals surface area contributed by atoms with Crippen LogP contribution in [0.5, 0.6) is 0 Å². The molecular weight excluding hydrogens is 338 g/mol. The van der Waals surface area contributed by atoms with E-state index in [9.17, 15) is 9.59 Å². The number of carbonyl (C=O) groups is 2. The summed E-state index contributed by atoms with van der Waals surface area (Å²) in [5, 5.41) is 1.90. The fraction of sp³-hybridized carbons (Fsp3) is 0.167. The third-order valence-electron chi connectivity index (χ3n) is 3.66. The maximum atomic E-state index is 12.2. The number of benzene rings is 1. The first-order valence-electron chi connectivity index (χ1n) is 7.79. The maximum Gasteiger partial charge on any atom is 0.291 e. The summed E-state index contributed by atoms with van der Waals surface area (Å²) in [5.41, 5.74) is 6.50. The number of hydrogen-bond donors (Lipinski definition) is 2. The molecule has 2 heterocycles. The van der Waals surface area contributed by atoms with Crippen LogP contribution in [-0.2, 0) is 6.42 Å². The molecule has 3 aromatic rings. The number of oxazole rings is 1. The Morgan fingerprint density at radius 3 is 2.48 bits per heavy atom. The van der Waals surface area contributed by atoms with Crippen LogP contribution in [0.25, 0.3) is 10.8 Å². The highest BCUT2D eigenvalue weighted by Gasteiger charge is 2.19. The van der Waals surface area contributed by atoms with Gasteiger partial charge >= 0.3 is 0 Å². The molecule has 25 heavy (non-hydrogen) atoms. The normalized spacial score (nSPS) is 10.5. The van der Waals surface area contributed by atoms with Crippen molar-refractivity contribution in [2.75, 3.05) is 0 Å². The van der Waals surface area contributed by atoms with Crippen LogP contribution in [0.2, 0.25) is 0 Å². The second-order valence-corrected chi connectivity index (χ2v) is 6.31. The van der Waals surface area contributed by atoms with E-state index in [0.717, 1.165) is 16.9 Å². The molecule has 0 radical (unpaired) electrons. The maximum absolute atomic E-state index is 12.2. The molecule has 1 aromatic carbocycles. The van der Waals surface area contributed by atoms with Gasteiger partial charge in [0.1, 0.15) is 5.76 Å². The molecular formula is C18H17N3O3S. The number of amides is 2. The van der Waals surface area contributed by atoms with Crippen LogP contribution in [0.4, 0.5) is 0 Å².